The van der Waals surface area contributed by atoms with Gasteiger partial charge in [-0.05, 0) is 28.1 Å². The van der Waals surface area contributed by atoms with Crippen LogP contribution in [-0.2, 0) is 9.47 Å². The van der Waals surface area contributed by atoms with E-state index in [2.05, 4.69) is 15.9 Å². The van der Waals surface area contributed by atoms with E-state index in [-0.39, 0.29) is 11.5 Å². The van der Waals surface area contributed by atoms with Crippen molar-refractivity contribution in [3.8, 4) is 11.5 Å². The van der Waals surface area contributed by atoms with Gasteiger partial charge in [-0.1, -0.05) is 0 Å². The molecule has 6 heteroatoms. The second-order valence-corrected chi connectivity index (χ2v) is 5.35. The Balaban J connectivity index is 2.30. The van der Waals surface area contributed by atoms with E-state index in [1.807, 2.05) is 12.1 Å². The highest BCUT2D eigenvalue weighted by molar-refractivity contribution is 9.10. The molecule has 2 rings (SSSR count). The van der Waals surface area contributed by atoms with E-state index in [1.165, 1.54) is 0 Å². The number of methoxy groups -OCH3 is 2. The van der Waals surface area contributed by atoms with Gasteiger partial charge in [0.15, 0.2) is 0 Å². The molecule has 0 spiro atoms. The molecule has 1 heterocycles. The van der Waals surface area contributed by atoms with Gasteiger partial charge in [0.05, 0.1) is 39.4 Å². The number of alkyl halides is 1. The number of benzene rings is 1. The van der Waals surface area contributed by atoms with Crippen molar-refractivity contribution in [1.82, 2.24) is 0 Å². The van der Waals surface area contributed by atoms with Crippen LogP contribution in [0.15, 0.2) is 16.6 Å². The molecule has 1 aliphatic heterocycles. The first-order valence-corrected chi connectivity index (χ1v) is 7.15. The van der Waals surface area contributed by atoms with Crippen molar-refractivity contribution >= 4 is 27.5 Å². The zero-order valence-electron chi connectivity index (χ0n) is 10.8. The molecule has 0 saturated carbocycles. The molecular formula is C13H16BrClO4. The molecule has 2 atom stereocenters. The minimum atomic E-state index is -0.336. The lowest BCUT2D eigenvalue weighted by Crippen LogP contribution is -2.32. The predicted octanol–water partition coefficient (Wildman–Crippen LogP) is 3.16. The fourth-order valence-electron chi connectivity index (χ4n) is 2.01. The third-order valence-corrected chi connectivity index (χ3v) is 4.25. The maximum atomic E-state index is 6.49. The second kappa shape index (κ2) is 6.79. The van der Waals surface area contributed by atoms with Crippen LogP contribution in [-0.4, -0.2) is 40.1 Å². The summed E-state index contributed by atoms with van der Waals surface area (Å²) in [7, 11) is 3.21. The van der Waals surface area contributed by atoms with Crippen LogP contribution in [0.4, 0.5) is 0 Å². The van der Waals surface area contributed by atoms with Gasteiger partial charge in [-0.2, -0.15) is 0 Å². The summed E-state index contributed by atoms with van der Waals surface area (Å²) in [6, 6.07) is 3.74. The minimum absolute atomic E-state index is 0.176. The Morgan fingerprint density at radius 3 is 2.68 bits per heavy atom. The number of halogens is 2. The standard InChI is InChI=1S/C13H16BrClO4/c1-16-9-4-3-8(13(17-2)11(9)14)12(15)10-7-18-5-6-19-10/h3-4,10,12H,5-7H2,1-2H3. The number of ether oxygens (including phenoxy) is 4. The summed E-state index contributed by atoms with van der Waals surface area (Å²) < 4.78 is 22.4. The Morgan fingerprint density at radius 1 is 1.32 bits per heavy atom. The monoisotopic (exact) mass is 350 g/mol. The molecule has 1 aliphatic rings. The van der Waals surface area contributed by atoms with E-state index in [9.17, 15) is 0 Å². The third kappa shape index (κ3) is 3.16. The summed E-state index contributed by atoms with van der Waals surface area (Å²) >= 11 is 9.95. The summed E-state index contributed by atoms with van der Waals surface area (Å²) in [6.45, 7) is 1.66. The fraction of sp³-hybridized carbons (Fsp3) is 0.538. The molecule has 1 aromatic carbocycles. The van der Waals surface area contributed by atoms with Crippen LogP contribution in [0.1, 0.15) is 10.9 Å². The van der Waals surface area contributed by atoms with Gasteiger partial charge in [-0.25, -0.2) is 0 Å². The molecule has 0 amide bonds. The summed E-state index contributed by atoms with van der Waals surface area (Å²) in [5, 5.41) is -0.336. The summed E-state index contributed by atoms with van der Waals surface area (Å²) in [5.41, 5.74) is 0.854. The second-order valence-electron chi connectivity index (χ2n) is 4.09. The lowest BCUT2D eigenvalue weighted by atomic mass is 10.1. The van der Waals surface area contributed by atoms with E-state index >= 15 is 0 Å². The van der Waals surface area contributed by atoms with Crippen LogP contribution in [0.25, 0.3) is 0 Å². The Kier molecular flexibility index (Phi) is 5.33. The van der Waals surface area contributed by atoms with Crippen LogP contribution < -0.4 is 9.47 Å². The molecule has 1 saturated heterocycles. The van der Waals surface area contributed by atoms with E-state index in [0.29, 0.717) is 31.3 Å². The van der Waals surface area contributed by atoms with Gasteiger partial charge in [0, 0.05) is 5.56 Å². The first-order valence-electron chi connectivity index (χ1n) is 5.92. The summed E-state index contributed by atoms with van der Waals surface area (Å²) in [5.74, 6) is 1.36. The maximum Gasteiger partial charge on any atom is 0.141 e. The van der Waals surface area contributed by atoms with Gasteiger partial charge in [0.2, 0.25) is 0 Å². The van der Waals surface area contributed by atoms with Crippen molar-refractivity contribution in [2.75, 3.05) is 34.0 Å². The summed E-state index contributed by atoms with van der Waals surface area (Å²) in [4.78, 5) is 0. The van der Waals surface area contributed by atoms with Crippen LogP contribution in [0.5, 0.6) is 11.5 Å². The van der Waals surface area contributed by atoms with Crippen molar-refractivity contribution in [2.24, 2.45) is 0 Å². The first kappa shape index (κ1) is 14.9. The fourth-order valence-corrected chi connectivity index (χ4v) is 3.01. The highest BCUT2D eigenvalue weighted by atomic mass is 79.9. The molecule has 19 heavy (non-hydrogen) atoms. The first-order chi connectivity index (χ1) is 9.19. The molecule has 106 valence electrons. The molecule has 0 N–H and O–H groups in total. The van der Waals surface area contributed by atoms with Crippen LogP contribution >= 0.6 is 27.5 Å². The molecule has 0 aromatic heterocycles. The number of hydrogen-bond donors (Lipinski definition) is 0. The van der Waals surface area contributed by atoms with E-state index < -0.39 is 0 Å². The Bertz CT molecular complexity index is 435. The van der Waals surface area contributed by atoms with Crippen LogP contribution in [0, 0.1) is 0 Å². The van der Waals surface area contributed by atoms with Gasteiger partial charge in [-0.15, -0.1) is 11.6 Å². The Labute approximate surface area is 126 Å². The lowest BCUT2D eigenvalue weighted by molar-refractivity contribution is -0.0893. The topological polar surface area (TPSA) is 36.9 Å². The normalized spacial score (nSPS) is 20.9. The van der Waals surface area contributed by atoms with Gasteiger partial charge >= 0.3 is 0 Å². The molecule has 2 unspecified atom stereocenters. The average molecular weight is 352 g/mol. The average Bonchev–Trinajstić information content (AvgIpc) is 2.47. The van der Waals surface area contributed by atoms with E-state index in [1.54, 1.807) is 14.2 Å². The number of hydrogen-bond acceptors (Lipinski definition) is 4. The molecule has 1 fully saturated rings. The highest BCUT2D eigenvalue weighted by Gasteiger charge is 2.28. The lowest BCUT2D eigenvalue weighted by Gasteiger charge is -2.28. The molecular weight excluding hydrogens is 335 g/mol. The SMILES string of the molecule is COc1ccc(C(Cl)C2COCCO2)c(OC)c1Br. The van der Waals surface area contributed by atoms with Crippen LogP contribution in [0.3, 0.4) is 0 Å². The van der Waals surface area contributed by atoms with Crippen molar-refractivity contribution in [3.63, 3.8) is 0 Å². The minimum Gasteiger partial charge on any atom is -0.495 e. The van der Waals surface area contributed by atoms with Gasteiger partial charge in [-0.3, -0.25) is 0 Å². The van der Waals surface area contributed by atoms with Gasteiger partial charge in [0.25, 0.3) is 0 Å². The highest BCUT2D eigenvalue weighted by Crippen LogP contribution is 2.43. The van der Waals surface area contributed by atoms with E-state index in [4.69, 9.17) is 30.5 Å². The maximum absolute atomic E-state index is 6.49. The smallest absolute Gasteiger partial charge is 0.141 e. The van der Waals surface area contributed by atoms with E-state index in [0.717, 1.165) is 10.0 Å². The molecule has 0 bridgehead atoms. The van der Waals surface area contributed by atoms with Crippen molar-refractivity contribution < 1.29 is 18.9 Å². The largest absolute Gasteiger partial charge is 0.495 e. The van der Waals surface area contributed by atoms with Gasteiger partial charge < -0.3 is 18.9 Å². The third-order valence-electron chi connectivity index (χ3n) is 2.98. The van der Waals surface area contributed by atoms with Crippen molar-refractivity contribution in [2.45, 2.75) is 11.5 Å². The van der Waals surface area contributed by atoms with Crippen molar-refractivity contribution in [3.05, 3.63) is 22.2 Å². The zero-order chi connectivity index (χ0) is 13.8. The molecule has 4 nitrogen and oxygen atoms in total. The Morgan fingerprint density at radius 2 is 2.11 bits per heavy atom. The molecule has 0 radical (unpaired) electrons. The molecule has 1 aromatic rings. The Hall–Kier alpha value is -0.490. The zero-order valence-corrected chi connectivity index (χ0v) is 13.2. The summed E-state index contributed by atoms with van der Waals surface area (Å²) in [6.07, 6.45) is -0.176. The quantitative estimate of drug-likeness (QED) is 0.781. The van der Waals surface area contributed by atoms with Crippen molar-refractivity contribution in [1.29, 1.82) is 0 Å². The molecule has 0 aliphatic carbocycles. The predicted molar refractivity (Wildman–Crippen MR) is 76.4 cm³/mol. The van der Waals surface area contributed by atoms with Crippen LogP contribution in [0.2, 0.25) is 0 Å². The van der Waals surface area contributed by atoms with Gasteiger partial charge in [0.1, 0.15) is 22.1 Å². The number of rotatable bonds is 4.